The Hall–Kier alpha value is -1.16. The van der Waals surface area contributed by atoms with Crippen LogP contribution in [0.2, 0.25) is 0 Å². The van der Waals surface area contributed by atoms with Crippen molar-refractivity contribution in [3.8, 4) is 0 Å². The summed E-state index contributed by atoms with van der Waals surface area (Å²) in [4.78, 5) is 26.9. The molecule has 4 fully saturated rings. The summed E-state index contributed by atoms with van der Waals surface area (Å²) in [6, 6.07) is 0. The summed E-state index contributed by atoms with van der Waals surface area (Å²) in [6.07, 6.45) is 7.76. The van der Waals surface area contributed by atoms with Crippen LogP contribution in [0, 0.1) is 35.5 Å². The Morgan fingerprint density at radius 3 is 2.30 bits per heavy atom. The number of amides is 2. The van der Waals surface area contributed by atoms with Gasteiger partial charge in [0, 0.05) is 6.61 Å². The summed E-state index contributed by atoms with van der Waals surface area (Å²) >= 11 is 0. The van der Waals surface area contributed by atoms with Crippen molar-refractivity contribution in [3.05, 3.63) is 12.2 Å². The summed E-state index contributed by atoms with van der Waals surface area (Å²) in [5.74, 6) is 2.10. The molecule has 0 aromatic carbocycles. The Balaban J connectivity index is 1.44. The Morgan fingerprint density at radius 1 is 1.10 bits per heavy atom. The highest BCUT2D eigenvalue weighted by molar-refractivity contribution is 6.06. The van der Waals surface area contributed by atoms with Gasteiger partial charge in [-0.2, -0.15) is 0 Å². The maximum absolute atomic E-state index is 12.7. The molecule has 6 aliphatic rings. The fourth-order valence-corrected chi connectivity index (χ4v) is 5.19. The fraction of sp³-hybridized carbons (Fsp3) is 0.750. The number of ether oxygens (including phenoxy) is 1. The van der Waals surface area contributed by atoms with E-state index in [0.717, 1.165) is 19.4 Å². The minimum atomic E-state index is -0.0531. The van der Waals surface area contributed by atoms with Gasteiger partial charge in [-0.05, 0) is 42.9 Å². The second kappa shape index (κ2) is 3.73. The molecule has 4 aliphatic carbocycles. The predicted molar refractivity (Wildman–Crippen MR) is 70.4 cm³/mol. The largest absolute Gasteiger partial charge is 0.376 e. The van der Waals surface area contributed by atoms with Crippen molar-refractivity contribution in [1.82, 2.24) is 4.90 Å². The molecule has 106 valence electrons. The van der Waals surface area contributed by atoms with Gasteiger partial charge < -0.3 is 4.74 Å². The monoisotopic (exact) mass is 273 g/mol. The number of carbonyl (C=O) groups is 2. The Kier molecular flexibility index (Phi) is 2.14. The molecule has 2 saturated carbocycles. The van der Waals surface area contributed by atoms with Crippen LogP contribution >= 0.6 is 0 Å². The van der Waals surface area contributed by atoms with E-state index in [1.165, 1.54) is 11.3 Å². The number of hydrogen-bond donors (Lipinski definition) is 0. The molecule has 0 aromatic heterocycles. The van der Waals surface area contributed by atoms with Gasteiger partial charge in [-0.25, -0.2) is 0 Å². The van der Waals surface area contributed by atoms with E-state index in [4.69, 9.17) is 4.74 Å². The lowest BCUT2D eigenvalue weighted by Gasteiger charge is -2.37. The normalized spacial score (nSPS) is 51.6. The van der Waals surface area contributed by atoms with Crippen LogP contribution in [-0.2, 0) is 14.3 Å². The van der Waals surface area contributed by atoms with E-state index in [1.54, 1.807) is 0 Å². The van der Waals surface area contributed by atoms with Crippen LogP contribution in [0.1, 0.15) is 19.3 Å². The zero-order chi connectivity index (χ0) is 13.4. The van der Waals surface area contributed by atoms with E-state index in [-0.39, 0.29) is 29.8 Å². The van der Waals surface area contributed by atoms with Crippen LogP contribution in [0.4, 0.5) is 0 Å². The molecule has 0 radical (unpaired) electrons. The van der Waals surface area contributed by atoms with E-state index in [1.807, 2.05) is 0 Å². The van der Waals surface area contributed by atoms with Gasteiger partial charge in [0.2, 0.25) is 11.8 Å². The summed E-state index contributed by atoms with van der Waals surface area (Å²) < 4.78 is 5.60. The van der Waals surface area contributed by atoms with E-state index in [2.05, 4.69) is 12.2 Å². The average Bonchev–Trinajstić information content (AvgIpc) is 3.08. The highest BCUT2D eigenvalue weighted by Crippen LogP contribution is 2.65. The Labute approximate surface area is 118 Å². The third-order valence-corrected chi connectivity index (χ3v) is 6.16. The lowest BCUT2D eigenvalue weighted by atomic mass is 9.63. The number of allylic oxidation sites excluding steroid dienone is 2. The maximum atomic E-state index is 12.7. The van der Waals surface area contributed by atoms with Gasteiger partial charge >= 0.3 is 0 Å². The molecule has 7 atom stereocenters. The average molecular weight is 273 g/mol. The van der Waals surface area contributed by atoms with Gasteiger partial charge in [-0.15, -0.1) is 0 Å². The quantitative estimate of drug-likeness (QED) is 0.561. The molecule has 0 N–H and O–H groups in total. The summed E-state index contributed by atoms with van der Waals surface area (Å²) in [7, 11) is 0. The molecule has 4 heteroatoms. The first-order valence-corrected chi connectivity index (χ1v) is 7.91. The first-order chi connectivity index (χ1) is 9.75. The topological polar surface area (TPSA) is 46.6 Å². The molecule has 2 aliphatic heterocycles. The van der Waals surface area contributed by atoms with Crippen LogP contribution in [0.3, 0.4) is 0 Å². The lowest BCUT2D eigenvalue weighted by molar-refractivity contribution is -0.142. The van der Waals surface area contributed by atoms with Crippen molar-refractivity contribution < 1.29 is 14.3 Å². The SMILES string of the molecule is O=C1[C@@H]2[C@H]3C=C[C@@H]([C@@H]4C[C@H]34)[C@H]2C(=O)N1C[C@@H]1CCCO1. The molecule has 6 rings (SSSR count). The number of carbonyl (C=O) groups excluding carboxylic acids is 2. The molecule has 2 saturated heterocycles. The number of likely N-dealkylation sites (tertiary alicyclic amines) is 1. The molecule has 0 unspecified atom stereocenters. The van der Waals surface area contributed by atoms with Crippen molar-refractivity contribution in [2.75, 3.05) is 13.2 Å². The zero-order valence-corrected chi connectivity index (χ0v) is 11.4. The van der Waals surface area contributed by atoms with Crippen LogP contribution in [-0.4, -0.2) is 36.0 Å². The molecule has 0 spiro atoms. The van der Waals surface area contributed by atoms with Gasteiger partial charge in [0.15, 0.2) is 0 Å². The minimum Gasteiger partial charge on any atom is -0.376 e. The number of hydrogen-bond acceptors (Lipinski definition) is 3. The molecular formula is C16H19NO3. The van der Waals surface area contributed by atoms with Crippen molar-refractivity contribution in [2.45, 2.75) is 25.4 Å². The minimum absolute atomic E-state index is 0.0531. The fourth-order valence-electron chi connectivity index (χ4n) is 5.19. The predicted octanol–water partition coefficient (Wildman–Crippen LogP) is 1.22. The van der Waals surface area contributed by atoms with Crippen LogP contribution in [0.25, 0.3) is 0 Å². The molecule has 2 bridgehead atoms. The van der Waals surface area contributed by atoms with E-state index in [0.29, 0.717) is 30.2 Å². The first-order valence-electron chi connectivity index (χ1n) is 7.91. The van der Waals surface area contributed by atoms with Crippen LogP contribution in [0.15, 0.2) is 12.2 Å². The van der Waals surface area contributed by atoms with Gasteiger partial charge in [-0.3, -0.25) is 14.5 Å². The number of imide groups is 1. The van der Waals surface area contributed by atoms with Gasteiger partial charge in [0.1, 0.15) is 0 Å². The smallest absolute Gasteiger partial charge is 0.233 e. The summed E-state index contributed by atoms with van der Waals surface area (Å²) in [6.45, 7) is 1.25. The van der Waals surface area contributed by atoms with E-state index in [9.17, 15) is 9.59 Å². The molecule has 2 amide bonds. The van der Waals surface area contributed by atoms with Crippen molar-refractivity contribution >= 4 is 11.8 Å². The standard InChI is InChI=1S/C16H19NO3/c18-15-13-9-3-4-10(12-6-11(9)12)14(13)16(19)17(15)7-8-2-1-5-20-8/h3-4,8-14H,1-2,5-7H2/t8-,9-,10-,11-,12+,13+,14+/m0/s1. The second-order valence-corrected chi connectivity index (χ2v) is 7.08. The maximum Gasteiger partial charge on any atom is 0.233 e. The zero-order valence-electron chi connectivity index (χ0n) is 11.4. The second-order valence-electron chi connectivity index (χ2n) is 7.08. The molecule has 2 heterocycles. The molecule has 0 aromatic rings. The van der Waals surface area contributed by atoms with Crippen LogP contribution < -0.4 is 0 Å². The van der Waals surface area contributed by atoms with Crippen molar-refractivity contribution in [1.29, 1.82) is 0 Å². The molecule has 20 heavy (non-hydrogen) atoms. The van der Waals surface area contributed by atoms with Crippen LogP contribution in [0.5, 0.6) is 0 Å². The van der Waals surface area contributed by atoms with Gasteiger partial charge in [-0.1, -0.05) is 12.2 Å². The number of nitrogens with zero attached hydrogens (tertiary/aromatic N) is 1. The Bertz CT molecular complexity index is 486. The third-order valence-electron chi connectivity index (χ3n) is 6.16. The van der Waals surface area contributed by atoms with Crippen molar-refractivity contribution in [3.63, 3.8) is 0 Å². The summed E-state index contributed by atoms with van der Waals surface area (Å²) in [5.41, 5.74) is 0. The van der Waals surface area contributed by atoms with Crippen molar-refractivity contribution in [2.24, 2.45) is 35.5 Å². The highest BCUT2D eigenvalue weighted by Gasteiger charge is 2.67. The first kappa shape index (κ1) is 11.5. The van der Waals surface area contributed by atoms with E-state index >= 15 is 0 Å². The Morgan fingerprint density at radius 2 is 1.75 bits per heavy atom. The molecule has 4 nitrogen and oxygen atoms in total. The van der Waals surface area contributed by atoms with E-state index < -0.39 is 0 Å². The molecular weight excluding hydrogens is 254 g/mol. The summed E-state index contributed by atoms with van der Waals surface area (Å²) in [5, 5.41) is 0. The highest BCUT2D eigenvalue weighted by atomic mass is 16.5. The number of rotatable bonds is 2. The lowest BCUT2D eigenvalue weighted by Crippen LogP contribution is -2.40. The van der Waals surface area contributed by atoms with Gasteiger partial charge in [0.05, 0.1) is 24.5 Å². The third kappa shape index (κ3) is 1.31. The van der Waals surface area contributed by atoms with Gasteiger partial charge in [0.25, 0.3) is 0 Å².